The molecule has 21 heavy (non-hydrogen) atoms. The second-order valence-corrected chi connectivity index (χ2v) is 20.1. The second-order valence-electron chi connectivity index (χ2n) is 5.71. The van der Waals surface area contributed by atoms with Gasteiger partial charge < -0.3 is 0 Å². The molecule has 2 aromatic heterocycles. The molecule has 3 nitrogen and oxygen atoms in total. The van der Waals surface area contributed by atoms with Crippen LogP contribution in [0.25, 0.3) is 0 Å². The third-order valence-electron chi connectivity index (χ3n) is 2.92. The van der Waals surface area contributed by atoms with Crippen LogP contribution in [-0.4, -0.2) is 28.3 Å². The van der Waals surface area contributed by atoms with Crippen LogP contribution in [0.3, 0.4) is 0 Å². The van der Waals surface area contributed by atoms with E-state index in [-0.39, 0.29) is 0 Å². The minimum absolute atomic E-state index is 0.293. The molecule has 2 rings (SSSR count). The SMILES string of the molecule is [CH3][Sn]([CH3])([CH3])[c]1ccc(C(F)(F)F)nc1Nc1cccnc1. The number of pyridine rings is 2. The molecule has 0 bridgehead atoms. The van der Waals surface area contributed by atoms with Gasteiger partial charge in [0.1, 0.15) is 0 Å². The summed E-state index contributed by atoms with van der Waals surface area (Å²) in [5.41, 5.74) is -0.255. The van der Waals surface area contributed by atoms with Gasteiger partial charge in [0.2, 0.25) is 0 Å². The van der Waals surface area contributed by atoms with Crippen LogP contribution >= 0.6 is 0 Å². The first-order valence-electron chi connectivity index (χ1n) is 6.44. The van der Waals surface area contributed by atoms with Gasteiger partial charge in [0, 0.05) is 0 Å². The monoisotopic (exact) mass is 403 g/mol. The third-order valence-corrected chi connectivity index (χ3v) is 8.68. The summed E-state index contributed by atoms with van der Waals surface area (Å²) in [6, 6.07) is 6.09. The zero-order valence-electron chi connectivity index (χ0n) is 12.0. The maximum absolute atomic E-state index is 12.8. The fourth-order valence-corrected chi connectivity index (χ4v) is 5.92. The maximum atomic E-state index is 12.8. The molecule has 2 heterocycles. The van der Waals surface area contributed by atoms with Crippen molar-refractivity contribution in [2.75, 3.05) is 5.32 Å². The predicted octanol–water partition coefficient (Wildman–Crippen LogP) is 3.78. The number of halogens is 3. The van der Waals surface area contributed by atoms with Gasteiger partial charge in [0.25, 0.3) is 0 Å². The van der Waals surface area contributed by atoms with E-state index in [1.807, 2.05) is 0 Å². The Labute approximate surface area is 125 Å². The molecule has 0 fully saturated rings. The molecule has 0 saturated carbocycles. The van der Waals surface area contributed by atoms with Gasteiger partial charge in [-0.1, -0.05) is 0 Å². The van der Waals surface area contributed by atoms with Gasteiger partial charge in [-0.3, -0.25) is 0 Å². The predicted molar refractivity (Wildman–Crippen MR) is 79.7 cm³/mol. The van der Waals surface area contributed by atoms with Crippen molar-refractivity contribution < 1.29 is 13.2 Å². The number of nitrogens with one attached hydrogen (secondary N) is 1. The van der Waals surface area contributed by atoms with Crippen molar-refractivity contribution in [3.05, 3.63) is 42.4 Å². The molecule has 0 radical (unpaired) electrons. The number of anilines is 2. The number of aromatic nitrogens is 2. The van der Waals surface area contributed by atoms with Crippen LogP contribution in [0.5, 0.6) is 0 Å². The molecule has 7 heteroatoms. The Kier molecular flexibility index (Phi) is 4.46. The van der Waals surface area contributed by atoms with Crippen molar-refractivity contribution in [2.24, 2.45) is 0 Å². The molecule has 112 valence electrons. The second kappa shape index (κ2) is 5.82. The van der Waals surface area contributed by atoms with Crippen molar-refractivity contribution in [1.29, 1.82) is 0 Å². The molecular formula is C14H16F3N3Sn. The van der Waals surface area contributed by atoms with E-state index in [1.54, 1.807) is 30.6 Å². The van der Waals surface area contributed by atoms with E-state index in [1.165, 1.54) is 0 Å². The normalized spacial score (nSPS) is 12.3. The standard InChI is InChI=1S/C11H7F3N3.3CH3.Sn/c12-11(13,14)9-4-1-5-10(17-9)16-8-3-2-6-15-7-8;;;;/h1-4,6-7H,(H,16,17);3*1H3;. The number of hydrogen-bond acceptors (Lipinski definition) is 3. The molecule has 0 amide bonds. The van der Waals surface area contributed by atoms with Gasteiger partial charge in [0.15, 0.2) is 0 Å². The van der Waals surface area contributed by atoms with E-state index in [9.17, 15) is 13.2 Å². The fraction of sp³-hybridized carbons (Fsp3) is 0.286. The molecule has 0 unspecified atom stereocenters. The summed E-state index contributed by atoms with van der Waals surface area (Å²) in [5, 5.41) is 2.97. The van der Waals surface area contributed by atoms with Gasteiger partial charge in [-0.2, -0.15) is 0 Å². The average molecular weight is 402 g/mol. The Morgan fingerprint density at radius 3 is 2.33 bits per heavy atom. The number of hydrogen-bond donors (Lipinski definition) is 1. The van der Waals surface area contributed by atoms with Crippen molar-refractivity contribution in [3.8, 4) is 0 Å². The van der Waals surface area contributed by atoms with Crippen LogP contribution in [0, 0.1) is 0 Å². The van der Waals surface area contributed by atoms with Crippen molar-refractivity contribution in [3.63, 3.8) is 0 Å². The van der Waals surface area contributed by atoms with E-state index in [4.69, 9.17) is 0 Å². The Morgan fingerprint density at radius 2 is 1.81 bits per heavy atom. The molecule has 0 aliphatic heterocycles. The molecule has 0 aliphatic carbocycles. The topological polar surface area (TPSA) is 37.8 Å². The molecule has 2 aromatic rings. The molecule has 0 spiro atoms. The van der Waals surface area contributed by atoms with E-state index >= 15 is 0 Å². The summed E-state index contributed by atoms with van der Waals surface area (Å²) >= 11 is -2.59. The Bertz CT molecular complexity index is 622. The van der Waals surface area contributed by atoms with Gasteiger partial charge in [-0.25, -0.2) is 0 Å². The quantitative estimate of drug-likeness (QED) is 0.795. The third kappa shape index (κ3) is 4.09. The number of rotatable bonds is 3. The van der Waals surface area contributed by atoms with Crippen LogP contribution in [0.15, 0.2) is 36.7 Å². The van der Waals surface area contributed by atoms with Gasteiger partial charge >= 0.3 is 125 Å². The number of alkyl halides is 3. The van der Waals surface area contributed by atoms with Crippen LogP contribution < -0.4 is 8.90 Å². The summed E-state index contributed by atoms with van der Waals surface area (Å²) in [4.78, 5) is 14.1. The first kappa shape index (κ1) is 16.1. The zero-order chi connectivity index (χ0) is 15.7. The summed E-state index contributed by atoms with van der Waals surface area (Å²) in [5.74, 6) is 0.293. The summed E-state index contributed by atoms with van der Waals surface area (Å²) in [7, 11) is 0. The van der Waals surface area contributed by atoms with Crippen molar-refractivity contribution >= 4 is 33.5 Å². The Balaban J connectivity index is 2.49. The van der Waals surface area contributed by atoms with Crippen LogP contribution in [-0.2, 0) is 6.18 Å². The van der Waals surface area contributed by atoms with E-state index in [0.29, 0.717) is 11.5 Å². The van der Waals surface area contributed by atoms with Crippen LogP contribution in [0.4, 0.5) is 24.7 Å². The van der Waals surface area contributed by atoms with E-state index in [0.717, 1.165) is 9.65 Å². The summed E-state index contributed by atoms with van der Waals surface area (Å²) in [6.45, 7) is 0. The van der Waals surface area contributed by atoms with Gasteiger partial charge in [0.05, 0.1) is 0 Å². The Morgan fingerprint density at radius 1 is 1.10 bits per heavy atom. The molecular weight excluding hydrogens is 386 g/mol. The summed E-state index contributed by atoms with van der Waals surface area (Å²) < 4.78 is 39.5. The molecule has 0 atom stereocenters. The fourth-order valence-electron chi connectivity index (χ4n) is 1.89. The van der Waals surface area contributed by atoms with Gasteiger partial charge in [-0.05, 0) is 0 Å². The first-order valence-corrected chi connectivity index (χ1v) is 16.4. The van der Waals surface area contributed by atoms with Crippen molar-refractivity contribution in [1.82, 2.24) is 9.97 Å². The molecule has 1 N–H and O–H groups in total. The Hall–Kier alpha value is -1.31. The van der Waals surface area contributed by atoms with Crippen LogP contribution in [0.1, 0.15) is 5.69 Å². The summed E-state index contributed by atoms with van der Waals surface area (Å²) in [6.07, 6.45) is -1.28. The first-order chi connectivity index (χ1) is 9.68. The molecule has 0 saturated heterocycles. The van der Waals surface area contributed by atoms with Crippen molar-refractivity contribution in [2.45, 2.75) is 21.0 Å². The van der Waals surface area contributed by atoms with E-state index in [2.05, 4.69) is 30.1 Å². The van der Waals surface area contributed by atoms with Gasteiger partial charge in [-0.15, -0.1) is 0 Å². The number of nitrogens with zero attached hydrogens (tertiary/aromatic N) is 2. The molecule has 0 aliphatic rings. The zero-order valence-corrected chi connectivity index (χ0v) is 14.8. The van der Waals surface area contributed by atoms with E-state index < -0.39 is 30.2 Å². The van der Waals surface area contributed by atoms with Crippen LogP contribution in [0.2, 0.25) is 14.8 Å². The molecule has 0 aromatic carbocycles. The average Bonchev–Trinajstić information content (AvgIpc) is 2.37. The minimum atomic E-state index is -4.45.